The van der Waals surface area contributed by atoms with Gasteiger partial charge in [-0.1, -0.05) is 15.9 Å². The highest BCUT2D eigenvalue weighted by Crippen LogP contribution is 2.38. The number of rotatable bonds is 2. The highest BCUT2D eigenvalue weighted by atomic mass is 79.9. The summed E-state index contributed by atoms with van der Waals surface area (Å²) in [6, 6.07) is 7.96. The Morgan fingerprint density at radius 2 is 2.00 bits per heavy atom. The van der Waals surface area contributed by atoms with Gasteiger partial charge in [0.1, 0.15) is 5.75 Å². The first-order valence-corrected chi connectivity index (χ1v) is 6.42. The third-order valence-corrected chi connectivity index (χ3v) is 3.76. The van der Waals surface area contributed by atoms with Crippen molar-refractivity contribution in [3.8, 4) is 16.9 Å². The minimum atomic E-state index is 0.828. The SMILES string of the molecule is COc1ccc(Br)cc1-c1cc(N)sc1C. The third kappa shape index (κ3) is 2.08. The molecule has 84 valence electrons. The number of ether oxygens (including phenoxy) is 1. The maximum Gasteiger partial charge on any atom is 0.126 e. The van der Waals surface area contributed by atoms with Crippen LogP contribution in [0.2, 0.25) is 0 Å². The summed E-state index contributed by atoms with van der Waals surface area (Å²) >= 11 is 5.07. The molecule has 0 spiro atoms. The molecule has 0 unspecified atom stereocenters. The molecule has 2 aromatic rings. The minimum Gasteiger partial charge on any atom is -0.496 e. The van der Waals surface area contributed by atoms with Gasteiger partial charge >= 0.3 is 0 Å². The summed E-state index contributed by atoms with van der Waals surface area (Å²) in [4.78, 5) is 1.20. The van der Waals surface area contributed by atoms with E-state index >= 15 is 0 Å². The summed E-state index contributed by atoms with van der Waals surface area (Å²) < 4.78 is 6.40. The van der Waals surface area contributed by atoms with Crippen LogP contribution in [0.25, 0.3) is 11.1 Å². The van der Waals surface area contributed by atoms with Gasteiger partial charge in [-0.15, -0.1) is 11.3 Å². The van der Waals surface area contributed by atoms with E-state index < -0.39 is 0 Å². The predicted octanol–water partition coefficient (Wildman–Crippen LogP) is 4.08. The quantitative estimate of drug-likeness (QED) is 0.906. The Kier molecular flexibility index (Phi) is 3.21. The maximum atomic E-state index is 5.81. The highest BCUT2D eigenvalue weighted by Gasteiger charge is 2.11. The van der Waals surface area contributed by atoms with Crippen LogP contribution in [-0.4, -0.2) is 7.11 Å². The molecule has 2 rings (SSSR count). The summed E-state index contributed by atoms with van der Waals surface area (Å²) in [5, 5.41) is 0.828. The summed E-state index contributed by atoms with van der Waals surface area (Å²) in [5.41, 5.74) is 8.02. The molecule has 16 heavy (non-hydrogen) atoms. The molecule has 0 radical (unpaired) electrons. The number of anilines is 1. The zero-order valence-electron chi connectivity index (χ0n) is 9.08. The molecule has 0 saturated carbocycles. The third-order valence-electron chi connectivity index (χ3n) is 2.39. The van der Waals surface area contributed by atoms with Gasteiger partial charge in [0, 0.05) is 20.5 Å². The average Bonchev–Trinajstić information content (AvgIpc) is 2.57. The average molecular weight is 298 g/mol. The fourth-order valence-corrected chi connectivity index (χ4v) is 2.83. The molecular weight excluding hydrogens is 286 g/mol. The Hall–Kier alpha value is -1.00. The summed E-state index contributed by atoms with van der Waals surface area (Å²) in [6.45, 7) is 2.07. The number of halogens is 1. The van der Waals surface area contributed by atoms with Gasteiger partial charge in [-0.2, -0.15) is 0 Å². The first kappa shape index (κ1) is 11.5. The lowest BCUT2D eigenvalue weighted by Gasteiger charge is -2.08. The molecule has 1 aromatic carbocycles. The molecule has 0 aliphatic carbocycles. The van der Waals surface area contributed by atoms with Crippen LogP contribution in [-0.2, 0) is 0 Å². The number of nitrogen functional groups attached to an aromatic ring is 1. The maximum absolute atomic E-state index is 5.81. The van der Waals surface area contributed by atoms with E-state index in [4.69, 9.17) is 10.5 Å². The molecule has 1 heterocycles. The lowest BCUT2D eigenvalue weighted by molar-refractivity contribution is 0.416. The predicted molar refractivity (Wildman–Crippen MR) is 73.2 cm³/mol. The molecular formula is C12H12BrNOS. The van der Waals surface area contributed by atoms with Gasteiger partial charge < -0.3 is 10.5 Å². The number of aryl methyl sites for hydroxylation is 1. The topological polar surface area (TPSA) is 35.2 Å². The van der Waals surface area contributed by atoms with Crippen molar-refractivity contribution in [3.63, 3.8) is 0 Å². The van der Waals surface area contributed by atoms with E-state index in [1.165, 1.54) is 4.88 Å². The minimum absolute atomic E-state index is 0.828. The number of methoxy groups -OCH3 is 1. The fraction of sp³-hybridized carbons (Fsp3) is 0.167. The van der Waals surface area contributed by atoms with Crippen molar-refractivity contribution in [2.24, 2.45) is 0 Å². The highest BCUT2D eigenvalue weighted by molar-refractivity contribution is 9.10. The Labute approximate surface area is 107 Å². The van der Waals surface area contributed by atoms with Gasteiger partial charge in [-0.05, 0) is 31.2 Å². The molecule has 0 bridgehead atoms. The van der Waals surface area contributed by atoms with Gasteiger partial charge in [0.25, 0.3) is 0 Å². The van der Waals surface area contributed by atoms with Crippen LogP contribution < -0.4 is 10.5 Å². The van der Waals surface area contributed by atoms with Crippen LogP contribution in [0.5, 0.6) is 5.75 Å². The summed E-state index contributed by atoms with van der Waals surface area (Å²) in [5.74, 6) is 0.865. The summed E-state index contributed by atoms with van der Waals surface area (Å²) in [6.07, 6.45) is 0. The fourth-order valence-electron chi connectivity index (χ4n) is 1.66. The Morgan fingerprint density at radius 3 is 2.56 bits per heavy atom. The van der Waals surface area contributed by atoms with Gasteiger partial charge in [0.15, 0.2) is 0 Å². The summed E-state index contributed by atoms with van der Waals surface area (Å²) in [7, 11) is 1.68. The molecule has 2 N–H and O–H groups in total. The van der Waals surface area contributed by atoms with Crippen LogP contribution in [0.4, 0.5) is 5.00 Å². The van der Waals surface area contributed by atoms with Crippen LogP contribution in [0.1, 0.15) is 4.88 Å². The standard InChI is InChI=1S/C12H12BrNOS/c1-7-9(6-12(14)16-7)10-5-8(13)3-4-11(10)15-2/h3-6H,14H2,1-2H3. The molecule has 0 aliphatic heterocycles. The Morgan fingerprint density at radius 1 is 1.25 bits per heavy atom. The normalized spacial score (nSPS) is 10.4. The second-order valence-corrected chi connectivity index (χ2v) is 5.67. The van der Waals surface area contributed by atoms with E-state index in [1.807, 2.05) is 24.3 Å². The van der Waals surface area contributed by atoms with Crippen molar-refractivity contribution in [1.29, 1.82) is 0 Å². The van der Waals surface area contributed by atoms with Crippen molar-refractivity contribution >= 4 is 32.3 Å². The molecule has 0 aliphatic rings. The van der Waals surface area contributed by atoms with Gasteiger partial charge in [-0.25, -0.2) is 0 Å². The van der Waals surface area contributed by atoms with E-state index in [0.717, 1.165) is 26.4 Å². The lowest BCUT2D eigenvalue weighted by Crippen LogP contribution is -1.87. The number of benzene rings is 1. The lowest BCUT2D eigenvalue weighted by atomic mass is 10.1. The van der Waals surface area contributed by atoms with Crippen LogP contribution >= 0.6 is 27.3 Å². The molecule has 0 atom stereocenters. The zero-order chi connectivity index (χ0) is 11.7. The molecule has 0 fully saturated rings. The first-order chi connectivity index (χ1) is 7.61. The Balaban J connectivity index is 2.62. The van der Waals surface area contributed by atoms with Crippen molar-refractivity contribution < 1.29 is 4.74 Å². The first-order valence-electron chi connectivity index (χ1n) is 4.81. The van der Waals surface area contributed by atoms with Gasteiger partial charge in [0.2, 0.25) is 0 Å². The second kappa shape index (κ2) is 4.47. The van der Waals surface area contributed by atoms with Crippen LogP contribution in [0.3, 0.4) is 0 Å². The number of thiophene rings is 1. The van der Waals surface area contributed by atoms with E-state index in [1.54, 1.807) is 18.4 Å². The van der Waals surface area contributed by atoms with Gasteiger partial charge in [0.05, 0.1) is 12.1 Å². The van der Waals surface area contributed by atoms with Crippen molar-refractivity contribution in [2.75, 3.05) is 12.8 Å². The molecule has 1 aromatic heterocycles. The van der Waals surface area contributed by atoms with Crippen LogP contribution in [0, 0.1) is 6.92 Å². The van der Waals surface area contributed by atoms with E-state index in [-0.39, 0.29) is 0 Å². The van der Waals surface area contributed by atoms with Gasteiger partial charge in [-0.3, -0.25) is 0 Å². The number of nitrogens with two attached hydrogens (primary N) is 1. The smallest absolute Gasteiger partial charge is 0.126 e. The molecule has 0 saturated heterocycles. The largest absolute Gasteiger partial charge is 0.496 e. The van der Waals surface area contributed by atoms with E-state index in [9.17, 15) is 0 Å². The zero-order valence-corrected chi connectivity index (χ0v) is 11.5. The van der Waals surface area contributed by atoms with Crippen molar-refractivity contribution in [2.45, 2.75) is 6.92 Å². The van der Waals surface area contributed by atoms with Crippen molar-refractivity contribution in [3.05, 3.63) is 33.6 Å². The second-order valence-electron chi connectivity index (χ2n) is 3.46. The van der Waals surface area contributed by atoms with E-state index in [0.29, 0.717) is 0 Å². The molecule has 2 nitrogen and oxygen atoms in total. The number of hydrogen-bond acceptors (Lipinski definition) is 3. The van der Waals surface area contributed by atoms with E-state index in [2.05, 4.69) is 22.9 Å². The molecule has 4 heteroatoms. The molecule has 0 amide bonds. The Bertz CT molecular complexity index is 522. The number of hydrogen-bond donors (Lipinski definition) is 1. The van der Waals surface area contributed by atoms with Crippen molar-refractivity contribution in [1.82, 2.24) is 0 Å². The monoisotopic (exact) mass is 297 g/mol. The van der Waals surface area contributed by atoms with Crippen LogP contribution in [0.15, 0.2) is 28.7 Å².